The first kappa shape index (κ1) is 14.9. The highest BCUT2D eigenvalue weighted by Gasteiger charge is 2.34. The van der Waals surface area contributed by atoms with Gasteiger partial charge < -0.3 is 5.32 Å². The number of fused-ring (bicyclic) bond motifs is 1. The third-order valence-corrected chi connectivity index (χ3v) is 5.64. The Morgan fingerprint density at radius 3 is 2.59 bits per heavy atom. The zero-order valence-corrected chi connectivity index (χ0v) is 13.4. The van der Waals surface area contributed by atoms with Crippen LogP contribution in [0.15, 0.2) is 29.2 Å². The summed E-state index contributed by atoms with van der Waals surface area (Å²) in [5, 5.41) is 11.4. The summed E-state index contributed by atoms with van der Waals surface area (Å²) in [6, 6.07) is 6.71. The van der Waals surface area contributed by atoms with Crippen LogP contribution < -0.4 is 5.32 Å². The Labute approximate surface area is 129 Å². The van der Waals surface area contributed by atoms with E-state index < -0.39 is 9.84 Å². The van der Waals surface area contributed by atoms with Gasteiger partial charge in [-0.1, -0.05) is 32.0 Å². The van der Waals surface area contributed by atoms with E-state index in [-0.39, 0.29) is 11.8 Å². The summed E-state index contributed by atoms with van der Waals surface area (Å²) in [7, 11) is -3.24. The molecule has 0 amide bonds. The summed E-state index contributed by atoms with van der Waals surface area (Å²) in [6.07, 6.45) is 1.55. The van der Waals surface area contributed by atoms with E-state index in [1.165, 1.54) is 0 Å². The second-order valence-electron chi connectivity index (χ2n) is 5.25. The molecule has 1 aromatic carbocycles. The van der Waals surface area contributed by atoms with Gasteiger partial charge in [0.2, 0.25) is 5.95 Å². The number of aryl methyl sites for hydroxylation is 2. The van der Waals surface area contributed by atoms with Crippen molar-refractivity contribution in [3.63, 3.8) is 0 Å². The molecule has 1 aromatic heterocycles. The predicted octanol–water partition coefficient (Wildman–Crippen LogP) is 1.94. The number of anilines is 1. The van der Waals surface area contributed by atoms with Gasteiger partial charge in [0.15, 0.2) is 9.84 Å². The van der Waals surface area contributed by atoms with Crippen LogP contribution in [0, 0.1) is 0 Å². The Morgan fingerprint density at radius 1 is 1.14 bits per heavy atom. The molecule has 0 fully saturated rings. The van der Waals surface area contributed by atoms with Gasteiger partial charge in [-0.05, 0) is 24.5 Å². The summed E-state index contributed by atoms with van der Waals surface area (Å²) in [5.74, 6) is 0.401. The number of sulfone groups is 1. The van der Waals surface area contributed by atoms with E-state index in [1.807, 2.05) is 26.0 Å². The fourth-order valence-electron chi connectivity index (χ4n) is 2.73. The third kappa shape index (κ3) is 2.56. The van der Waals surface area contributed by atoms with E-state index in [0.717, 1.165) is 29.8 Å². The van der Waals surface area contributed by atoms with Gasteiger partial charge in [0.25, 0.3) is 0 Å². The number of hydrogen-bond donors (Lipinski definition) is 1. The highest BCUT2D eigenvalue weighted by Crippen LogP contribution is 2.34. The maximum Gasteiger partial charge on any atom is 0.243 e. The lowest BCUT2D eigenvalue weighted by molar-refractivity contribution is 0.598. The average Bonchev–Trinajstić information content (AvgIpc) is 2.78. The number of nitrogens with one attached hydrogen (secondary N) is 1. The van der Waals surface area contributed by atoms with Gasteiger partial charge in [0.1, 0.15) is 0 Å². The van der Waals surface area contributed by atoms with Crippen LogP contribution >= 0.6 is 0 Å². The quantitative estimate of drug-likeness (QED) is 0.927. The van der Waals surface area contributed by atoms with Crippen molar-refractivity contribution in [3.05, 3.63) is 41.2 Å². The molecule has 0 aliphatic carbocycles. The van der Waals surface area contributed by atoms with Crippen molar-refractivity contribution in [1.82, 2.24) is 15.2 Å². The second kappa shape index (κ2) is 5.64. The molecule has 6 nitrogen and oxygen atoms in total. The van der Waals surface area contributed by atoms with E-state index in [4.69, 9.17) is 0 Å². The first-order chi connectivity index (χ1) is 10.5. The summed E-state index contributed by atoms with van der Waals surface area (Å²) >= 11 is 0. The number of hydrogen-bond acceptors (Lipinski definition) is 6. The predicted molar refractivity (Wildman–Crippen MR) is 83.4 cm³/mol. The Kier molecular flexibility index (Phi) is 3.82. The molecular weight excluding hydrogens is 300 g/mol. The zero-order valence-electron chi connectivity index (χ0n) is 12.6. The molecule has 0 saturated carbocycles. The molecule has 1 atom stereocenters. The Hall–Kier alpha value is -2.02. The van der Waals surface area contributed by atoms with Crippen molar-refractivity contribution in [2.24, 2.45) is 0 Å². The molecule has 1 aliphatic rings. The lowest BCUT2D eigenvalue weighted by Gasteiger charge is -2.13. The van der Waals surface area contributed by atoms with Crippen molar-refractivity contribution in [2.45, 2.75) is 37.6 Å². The molecule has 7 heteroatoms. The molecule has 1 aliphatic heterocycles. The minimum absolute atomic E-state index is 0.0205. The lowest BCUT2D eigenvalue weighted by atomic mass is 10.1. The number of benzene rings is 1. The van der Waals surface area contributed by atoms with Crippen LogP contribution in [0.5, 0.6) is 0 Å². The molecule has 3 rings (SSSR count). The van der Waals surface area contributed by atoms with Gasteiger partial charge in [-0.3, -0.25) is 0 Å². The molecule has 0 radical (unpaired) electrons. The van der Waals surface area contributed by atoms with Gasteiger partial charge in [0.05, 0.1) is 28.1 Å². The number of rotatable bonds is 4. The molecule has 116 valence electrons. The van der Waals surface area contributed by atoms with Crippen molar-refractivity contribution < 1.29 is 8.42 Å². The topological polar surface area (TPSA) is 84.8 Å². The largest absolute Gasteiger partial charge is 0.345 e. The lowest BCUT2D eigenvalue weighted by Crippen LogP contribution is -2.16. The van der Waals surface area contributed by atoms with E-state index in [9.17, 15) is 8.42 Å². The highest BCUT2D eigenvalue weighted by atomic mass is 32.2. The van der Waals surface area contributed by atoms with E-state index in [2.05, 4.69) is 20.5 Å². The van der Waals surface area contributed by atoms with Crippen LogP contribution in [-0.2, 0) is 22.7 Å². The van der Waals surface area contributed by atoms with Crippen molar-refractivity contribution in [2.75, 3.05) is 11.1 Å². The summed E-state index contributed by atoms with van der Waals surface area (Å²) in [5.41, 5.74) is 2.55. The van der Waals surface area contributed by atoms with E-state index in [1.54, 1.807) is 12.1 Å². The first-order valence-electron chi connectivity index (χ1n) is 7.35. The SMILES string of the molecule is CCc1nnc(NC2CS(=O)(=O)c3ccccc32)nc1CC. The van der Waals surface area contributed by atoms with Crippen LogP contribution in [0.1, 0.15) is 36.8 Å². The Balaban J connectivity index is 1.92. The second-order valence-corrected chi connectivity index (χ2v) is 7.25. The van der Waals surface area contributed by atoms with Gasteiger partial charge in [-0.25, -0.2) is 13.4 Å². The van der Waals surface area contributed by atoms with Crippen LogP contribution in [0.2, 0.25) is 0 Å². The summed E-state index contributed by atoms with van der Waals surface area (Å²) in [6.45, 7) is 4.03. The van der Waals surface area contributed by atoms with Crippen LogP contribution in [-0.4, -0.2) is 29.4 Å². The van der Waals surface area contributed by atoms with E-state index in [0.29, 0.717) is 10.8 Å². The Bertz CT molecular complexity index is 805. The average molecular weight is 318 g/mol. The molecule has 22 heavy (non-hydrogen) atoms. The maximum atomic E-state index is 12.2. The monoisotopic (exact) mass is 318 g/mol. The minimum atomic E-state index is -3.24. The van der Waals surface area contributed by atoms with Gasteiger partial charge in [-0.15, -0.1) is 5.10 Å². The summed E-state index contributed by atoms with van der Waals surface area (Å²) in [4.78, 5) is 4.86. The molecule has 2 aromatic rings. The Morgan fingerprint density at radius 2 is 1.86 bits per heavy atom. The highest BCUT2D eigenvalue weighted by molar-refractivity contribution is 7.91. The number of aromatic nitrogens is 3. The summed E-state index contributed by atoms with van der Waals surface area (Å²) < 4.78 is 24.4. The molecule has 0 bridgehead atoms. The van der Waals surface area contributed by atoms with E-state index >= 15 is 0 Å². The smallest absolute Gasteiger partial charge is 0.243 e. The van der Waals surface area contributed by atoms with Gasteiger partial charge >= 0.3 is 0 Å². The third-order valence-electron chi connectivity index (χ3n) is 3.83. The molecule has 0 saturated heterocycles. The van der Waals surface area contributed by atoms with Crippen molar-refractivity contribution in [1.29, 1.82) is 0 Å². The first-order valence-corrected chi connectivity index (χ1v) is 9.01. The van der Waals surface area contributed by atoms with Crippen molar-refractivity contribution >= 4 is 15.8 Å². The van der Waals surface area contributed by atoms with Crippen LogP contribution in [0.25, 0.3) is 0 Å². The molecule has 2 heterocycles. The fraction of sp³-hybridized carbons (Fsp3) is 0.400. The minimum Gasteiger partial charge on any atom is -0.345 e. The molecule has 1 unspecified atom stereocenters. The normalized spacial score (nSPS) is 18.9. The van der Waals surface area contributed by atoms with Crippen molar-refractivity contribution in [3.8, 4) is 0 Å². The number of nitrogens with zero attached hydrogens (tertiary/aromatic N) is 3. The maximum absolute atomic E-state index is 12.2. The molecule has 1 N–H and O–H groups in total. The molecular formula is C15H18N4O2S. The standard InChI is InChI=1S/C15H18N4O2S/c1-3-11-12(4-2)18-19-15(16-11)17-13-9-22(20,21)14-8-6-5-7-10(13)14/h5-8,13H,3-4,9H2,1-2H3,(H,16,17,19). The van der Waals surface area contributed by atoms with Crippen LogP contribution in [0.3, 0.4) is 0 Å². The van der Waals surface area contributed by atoms with Gasteiger partial charge in [-0.2, -0.15) is 5.10 Å². The molecule has 0 spiro atoms. The van der Waals surface area contributed by atoms with Gasteiger partial charge in [0, 0.05) is 0 Å². The fourth-order valence-corrected chi connectivity index (χ4v) is 4.46. The van der Waals surface area contributed by atoms with Crippen LogP contribution in [0.4, 0.5) is 5.95 Å². The zero-order chi connectivity index (χ0) is 15.7.